The number of rotatable bonds is 7. The molecule has 4 aromatic rings. The highest BCUT2D eigenvalue weighted by Gasteiger charge is 2.12. The van der Waals surface area contributed by atoms with Gasteiger partial charge in [0.05, 0.1) is 11.8 Å². The van der Waals surface area contributed by atoms with Crippen LogP contribution in [-0.2, 0) is 17.9 Å². The van der Waals surface area contributed by atoms with E-state index in [1.54, 1.807) is 6.07 Å². The van der Waals surface area contributed by atoms with Crippen LogP contribution in [0.4, 0.5) is 0 Å². The van der Waals surface area contributed by atoms with E-state index in [4.69, 9.17) is 4.74 Å². The van der Waals surface area contributed by atoms with Crippen LogP contribution in [0.15, 0.2) is 71.8 Å². The molecule has 1 N–H and O–H groups in total. The second-order valence-electron chi connectivity index (χ2n) is 7.41. The SMILES string of the molecule is CC(C)Oc1ccc(CNC(=O)Cn2ncn3nc(-c4ccccc4)cc3c2=O)cc1. The van der Waals surface area contributed by atoms with E-state index in [1.165, 1.54) is 10.8 Å². The minimum Gasteiger partial charge on any atom is -0.491 e. The summed E-state index contributed by atoms with van der Waals surface area (Å²) in [4.78, 5) is 25.1. The van der Waals surface area contributed by atoms with Gasteiger partial charge in [-0.25, -0.2) is 9.20 Å². The molecular formula is C23H23N5O3. The van der Waals surface area contributed by atoms with Crippen LogP contribution in [0.5, 0.6) is 5.75 Å². The van der Waals surface area contributed by atoms with Gasteiger partial charge in [-0.2, -0.15) is 10.2 Å². The van der Waals surface area contributed by atoms with Crippen molar-refractivity contribution in [2.24, 2.45) is 0 Å². The van der Waals surface area contributed by atoms with Gasteiger partial charge in [0, 0.05) is 12.1 Å². The normalized spacial score (nSPS) is 11.1. The fraction of sp³-hybridized carbons (Fsp3) is 0.217. The third kappa shape index (κ3) is 4.80. The minimum atomic E-state index is -0.373. The number of nitrogens with one attached hydrogen (secondary N) is 1. The van der Waals surface area contributed by atoms with E-state index in [0.29, 0.717) is 17.8 Å². The number of aromatic nitrogens is 4. The number of benzene rings is 2. The average molecular weight is 417 g/mol. The zero-order valence-corrected chi connectivity index (χ0v) is 17.4. The smallest absolute Gasteiger partial charge is 0.293 e. The molecule has 8 heteroatoms. The van der Waals surface area contributed by atoms with Crippen molar-refractivity contribution in [3.8, 4) is 17.0 Å². The maximum atomic E-state index is 12.8. The molecule has 0 spiro atoms. The van der Waals surface area contributed by atoms with Crippen LogP contribution < -0.4 is 15.6 Å². The summed E-state index contributed by atoms with van der Waals surface area (Å²) >= 11 is 0. The summed E-state index contributed by atoms with van der Waals surface area (Å²) in [5.74, 6) is 0.481. The Bertz CT molecular complexity index is 1240. The van der Waals surface area contributed by atoms with Crippen molar-refractivity contribution in [3.63, 3.8) is 0 Å². The van der Waals surface area contributed by atoms with Gasteiger partial charge in [-0.05, 0) is 37.6 Å². The molecule has 0 unspecified atom stereocenters. The standard InChI is InChI=1S/C23H23N5O3/c1-16(2)31-19-10-8-17(9-11-19)13-24-22(29)14-27-23(30)21-12-20(26-28(21)15-25-27)18-6-4-3-5-7-18/h3-12,15-16H,13-14H2,1-2H3,(H,24,29). The number of nitrogens with zero attached hydrogens (tertiary/aromatic N) is 4. The molecule has 2 aromatic heterocycles. The highest BCUT2D eigenvalue weighted by molar-refractivity contribution is 5.75. The molecule has 0 bridgehead atoms. The third-order valence-electron chi connectivity index (χ3n) is 4.64. The van der Waals surface area contributed by atoms with Crippen LogP contribution in [0.1, 0.15) is 19.4 Å². The number of hydrogen-bond acceptors (Lipinski definition) is 5. The first-order valence-electron chi connectivity index (χ1n) is 10.0. The predicted molar refractivity (Wildman–Crippen MR) is 117 cm³/mol. The number of carbonyl (C=O) groups excluding carboxylic acids is 1. The van der Waals surface area contributed by atoms with Gasteiger partial charge >= 0.3 is 0 Å². The van der Waals surface area contributed by atoms with E-state index in [0.717, 1.165) is 21.6 Å². The Kier molecular flexibility index (Phi) is 5.79. The molecule has 8 nitrogen and oxygen atoms in total. The molecule has 0 fully saturated rings. The summed E-state index contributed by atoms with van der Waals surface area (Å²) in [5, 5.41) is 11.3. The van der Waals surface area contributed by atoms with Crippen LogP contribution in [0.2, 0.25) is 0 Å². The van der Waals surface area contributed by atoms with Gasteiger partial charge in [0.25, 0.3) is 5.56 Å². The lowest BCUT2D eigenvalue weighted by Gasteiger charge is -2.10. The molecule has 0 saturated carbocycles. The molecule has 2 heterocycles. The number of hydrogen-bond donors (Lipinski definition) is 1. The topological polar surface area (TPSA) is 90.5 Å². The Balaban J connectivity index is 1.42. The number of ether oxygens (including phenoxy) is 1. The fourth-order valence-corrected chi connectivity index (χ4v) is 3.15. The van der Waals surface area contributed by atoms with Gasteiger partial charge < -0.3 is 10.1 Å². The molecule has 2 aromatic carbocycles. The van der Waals surface area contributed by atoms with Gasteiger partial charge in [-0.3, -0.25) is 9.59 Å². The average Bonchev–Trinajstić information content (AvgIpc) is 3.21. The van der Waals surface area contributed by atoms with Gasteiger partial charge in [-0.15, -0.1) is 0 Å². The van der Waals surface area contributed by atoms with E-state index in [1.807, 2.05) is 68.4 Å². The Hall–Kier alpha value is -3.94. The van der Waals surface area contributed by atoms with Crippen LogP contribution in [-0.4, -0.2) is 31.4 Å². The van der Waals surface area contributed by atoms with Gasteiger partial charge in [-0.1, -0.05) is 42.5 Å². The summed E-state index contributed by atoms with van der Waals surface area (Å²) in [7, 11) is 0. The highest BCUT2D eigenvalue weighted by Crippen LogP contribution is 2.17. The molecule has 1 amide bonds. The van der Waals surface area contributed by atoms with Crippen molar-refractivity contribution < 1.29 is 9.53 Å². The second-order valence-corrected chi connectivity index (χ2v) is 7.41. The summed E-state index contributed by atoms with van der Waals surface area (Å²) in [6.45, 7) is 4.11. The van der Waals surface area contributed by atoms with Crippen molar-refractivity contribution in [1.82, 2.24) is 24.7 Å². The largest absolute Gasteiger partial charge is 0.491 e. The third-order valence-corrected chi connectivity index (χ3v) is 4.64. The van der Waals surface area contributed by atoms with Crippen LogP contribution in [0, 0.1) is 0 Å². The highest BCUT2D eigenvalue weighted by atomic mass is 16.5. The summed E-state index contributed by atoms with van der Waals surface area (Å²) < 4.78 is 8.18. The van der Waals surface area contributed by atoms with Gasteiger partial charge in [0.2, 0.25) is 5.91 Å². The van der Waals surface area contributed by atoms with Crippen molar-refractivity contribution in [1.29, 1.82) is 0 Å². The van der Waals surface area contributed by atoms with Crippen LogP contribution in [0.3, 0.4) is 0 Å². The summed E-state index contributed by atoms with van der Waals surface area (Å²) in [5.41, 5.74) is 2.50. The van der Waals surface area contributed by atoms with Crippen molar-refractivity contribution in [2.45, 2.75) is 33.0 Å². The monoisotopic (exact) mass is 417 g/mol. The summed E-state index contributed by atoms with van der Waals surface area (Å²) in [6, 6.07) is 18.8. The van der Waals surface area contributed by atoms with E-state index in [2.05, 4.69) is 15.5 Å². The van der Waals surface area contributed by atoms with Crippen molar-refractivity contribution in [2.75, 3.05) is 0 Å². The first-order chi connectivity index (χ1) is 15.0. The summed E-state index contributed by atoms with van der Waals surface area (Å²) in [6.07, 6.45) is 1.54. The Morgan fingerprint density at radius 1 is 1.10 bits per heavy atom. The molecule has 0 atom stereocenters. The molecule has 0 aliphatic heterocycles. The molecular weight excluding hydrogens is 394 g/mol. The Morgan fingerprint density at radius 2 is 1.84 bits per heavy atom. The lowest BCUT2D eigenvalue weighted by Crippen LogP contribution is -2.34. The molecule has 0 aliphatic rings. The van der Waals surface area contributed by atoms with Crippen LogP contribution >= 0.6 is 0 Å². The Morgan fingerprint density at radius 3 is 2.55 bits per heavy atom. The molecule has 31 heavy (non-hydrogen) atoms. The molecule has 0 aliphatic carbocycles. The fourth-order valence-electron chi connectivity index (χ4n) is 3.15. The van der Waals surface area contributed by atoms with E-state index in [-0.39, 0.29) is 24.1 Å². The maximum Gasteiger partial charge on any atom is 0.293 e. The lowest BCUT2D eigenvalue weighted by atomic mass is 10.1. The van der Waals surface area contributed by atoms with Crippen LogP contribution in [0.25, 0.3) is 16.8 Å². The van der Waals surface area contributed by atoms with Gasteiger partial charge in [0.15, 0.2) is 0 Å². The number of fused-ring (bicyclic) bond motifs is 1. The zero-order valence-electron chi connectivity index (χ0n) is 17.4. The Labute approximate surface area is 179 Å². The molecule has 0 saturated heterocycles. The van der Waals surface area contributed by atoms with Gasteiger partial charge in [0.1, 0.15) is 24.1 Å². The molecule has 158 valence electrons. The molecule has 4 rings (SSSR count). The van der Waals surface area contributed by atoms with Crippen molar-refractivity contribution in [3.05, 3.63) is 82.9 Å². The lowest BCUT2D eigenvalue weighted by molar-refractivity contribution is -0.122. The minimum absolute atomic E-state index is 0.105. The number of amides is 1. The predicted octanol–water partition coefficient (Wildman–Crippen LogP) is 2.66. The maximum absolute atomic E-state index is 12.8. The quantitative estimate of drug-likeness (QED) is 0.499. The van der Waals surface area contributed by atoms with E-state index >= 15 is 0 Å². The second kappa shape index (κ2) is 8.83. The first kappa shape index (κ1) is 20.3. The van der Waals surface area contributed by atoms with E-state index in [9.17, 15) is 9.59 Å². The zero-order chi connectivity index (χ0) is 21.8. The number of carbonyl (C=O) groups is 1. The molecule has 0 radical (unpaired) electrons. The first-order valence-corrected chi connectivity index (χ1v) is 10.0. The van der Waals surface area contributed by atoms with E-state index < -0.39 is 0 Å². The van der Waals surface area contributed by atoms with Crippen molar-refractivity contribution >= 4 is 11.4 Å².